The van der Waals surface area contributed by atoms with Crippen molar-refractivity contribution in [3.05, 3.63) is 97.0 Å². The van der Waals surface area contributed by atoms with Gasteiger partial charge in [-0.25, -0.2) is 9.37 Å². The van der Waals surface area contributed by atoms with Crippen molar-refractivity contribution in [2.45, 2.75) is 38.6 Å². The third-order valence-electron chi connectivity index (χ3n) is 6.07. The van der Waals surface area contributed by atoms with Crippen LogP contribution in [-0.4, -0.2) is 22.8 Å². The van der Waals surface area contributed by atoms with Crippen molar-refractivity contribution in [2.24, 2.45) is 5.16 Å². The summed E-state index contributed by atoms with van der Waals surface area (Å²) in [7, 11) is 0. The number of alkyl halides is 3. The van der Waals surface area contributed by atoms with E-state index in [2.05, 4.69) is 15.5 Å². The fourth-order valence-electron chi connectivity index (χ4n) is 3.95. The van der Waals surface area contributed by atoms with Crippen LogP contribution >= 0.6 is 34.8 Å². The Morgan fingerprint density at radius 1 is 1.08 bits per heavy atom. The molecule has 1 amide bonds. The first-order valence-electron chi connectivity index (χ1n) is 10.8. The zero-order valence-electron chi connectivity index (χ0n) is 19.3. The van der Waals surface area contributed by atoms with Gasteiger partial charge in [-0.1, -0.05) is 46.0 Å². The van der Waals surface area contributed by atoms with Crippen molar-refractivity contribution in [1.82, 2.24) is 10.3 Å². The van der Waals surface area contributed by atoms with E-state index in [1.807, 2.05) is 6.92 Å². The molecule has 2 aromatic carbocycles. The van der Waals surface area contributed by atoms with Crippen LogP contribution in [0.1, 0.15) is 44.6 Å². The van der Waals surface area contributed by atoms with Gasteiger partial charge in [0.2, 0.25) is 0 Å². The van der Waals surface area contributed by atoms with E-state index < -0.39 is 39.6 Å². The molecular weight excluding hydrogens is 557 g/mol. The molecule has 1 N–H and O–H groups in total. The molecule has 1 aliphatic heterocycles. The molecule has 0 saturated heterocycles. The molecule has 0 radical (unpaired) electrons. The second-order valence-electron chi connectivity index (χ2n) is 8.53. The topological polar surface area (TPSA) is 63.6 Å². The Morgan fingerprint density at radius 3 is 2.35 bits per heavy atom. The Labute approximate surface area is 224 Å². The van der Waals surface area contributed by atoms with E-state index in [9.17, 15) is 22.4 Å². The number of aryl methyl sites for hydroxylation is 2. The van der Waals surface area contributed by atoms with Gasteiger partial charge in [0, 0.05) is 30.3 Å². The molecule has 4 rings (SSSR count). The summed E-state index contributed by atoms with van der Waals surface area (Å²) in [5.74, 6) is -1.40. The molecule has 3 aromatic rings. The summed E-state index contributed by atoms with van der Waals surface area (Å²) in [6.07, 6.45) is -4.06. The number of nitrogens with zero attached hydrogens (tertiary/aromatic N) is 2. The summed E-state index contributed by atoms with van der Waals surface area (Å²) in [5, 5.41) is 5.69. The van der Waals surface area contributed by atoms with E-state index in [1.165, 1.54) is 12.1 Å². The minimum atomic E-state index is -4.92. The molecule has 0 spiro atoms. The Hall–Kier alpha value is -2.88. The predicted molar refractivity (Wildman–Crippen MR) is 133 cm³/mol. The van der Waals surface area contributed by atoms with Crippen LogP contribution in [0.15, 0.2) is 47.8 Å². The quantitative estimate of drug-likeness (QED) is 0.197. The number of aromatic nitrogens is 1. The second-order valence-corrected chi connectivity index (χ2v) is 9.73. The highest BCUT2D eigenvalue weighted by atomic mass is 35.5. The van der Waals surface area contributed by atoms with E-state index in [0.717, 1.165) is 23.3 Å². The van der Waals surface area contributed by atoms with Crippen LogP contribution < -0.4 is 5.32 Å². The molecule has 0 bridgehead atoms. The van der Waals surface area contributed by atoms with Gasteiger partial charge in [0.1, 0.15) is 5.15 Å². The molecule has 1 atom stereocenters. The average Bonchev–Trinajstić information content (AvgIpc) is 3.28. The smallest absolute Gasteiger partial charge is 0.374 e. The van der Waals surface area contributed by atoms with E-state index in [0.29, 0.717) is 21.8 Å². The summed E-state index contributed by atoms with van der Waals surface area (Å²) < 4.78 is 56.5. The summed E-state index contributed by atoms with van der Waals surface area (Å²) >= 11 is 17.3. The monoisotopic (exact) mass is 573 g/mol. The van der Waals surface area contributed by atoms with Crippen LogP contribution in [0.5, 0.6) is 0 Å². The molecular formula is C25H18Cl3F4N3O2. The predicted octanol–water partition coefficient (Wildman–Crippen LogP) is 7.31. The maximum atomic E-state index is 14.2. The number of hydrogen-bond donors (Lipinski definition) is 1. The van der Waals surface area contributed by atoms with Gasteiger partial charge in [-0.2, -0.15) is 13.2 Å². The van der Waals surface area contributed by atoms with E-state index in [4.69, 9.17) is 39.6 Å². The number of hydrogen-bond acceptors (Lipinski definition) is 4. The summed E-state index contributed by atoms with van der Waals surface area (Å²) in [6.45, 7) is 3.71. The second kappa shape index (κ2) is 10.1. The number of benzene rings is 2. The van der Waals surface area contributed by atoms with Crippen LogP contribution in [-0.2, 0) is 17.0 Å². The van der Waals surface area contributed by atoms with Crippen molar-refractivity contribution >= 4 is 46.4 Å². The van der Waals surface area contributed by atoms with Gasteiger partial charge in [-0.3, -0.25) is 4.79 Å². The van der Waals surface area contributed by atoms with Crippen LogP contribution in [0, 0.1) is 19.7 Å². The first-order chi connectivity index (χ1) is 17.3. The highest BCUT2D eigenvalue weighted by Crippen LogP contribution is 2.50. The van der Waals surface area contributed by atoms with Gasteiger partial charge in [-0.15, -0.1) is 0 Å². The molecule has 0 aliphatic carbocycles. The Kier molecular flexibility index (Phi) is 7.43. The zero-order chi connectivity index (χ0) is 27.1. The summed E-state index contributed by atoms with van der Waals surface area (Å²) in [4.78, 5) is 21.7. The average molecular weight is 575 g/mol. The van der Waals surface area contributed by atoms with E-state index >= 15 is 0 Å². The van der Waals surface area contributed by atoms with Crippen molar-refractivity contribution in [3.8, 4) is 0 Å². The van der Waals surface area contributed by atoms with Gasteiger partial charge in [0.15, 0.2) is 5.82 Å². The fraction of sp³-hybridized carbons (Fsp3) is 0.240. The molecule has 0 saturated carbocycles. The standard InChI is InChI=1S/C25H18Cl3F4N3O2/c1-12-6-21(28)33-10-15(12)11-34-23(36)17-4-3-14(5-13(17)2)20-9-24(37-35-20,25(30,31)32)16-7-18(26)22(29)19(27)8-16/h3-8,10H,9,11H2,1-2H3,(H,34,36). The molecule has 1 aromatic heterocycles. The van der Waals surface area contributed by atoms with Gasteiger partial charge < -0.3 is 10.2 Å². The lowest BCUT2D eigenvalue weighted by molar-refractivity contribution is -0.275. The highest BCUT2D eigenvalue weighted by Gasteiger charge is 2.62. The van der Waals surface area contributed by atoms with Gasteiger partial charge in [-0.05, 0) is 66.4 Å². The largest absolute Gasteiger partial charge is 0.435 e. The lowest BCUT2D eigenvalue weighted by atomic mass is 9.86. The Balaban J connectivity index is 1.55. The molecule has 2 heterocycles. The summed E-state index contributed by atoms with van der Waals surface area (Å²) in [6, 6.07) is 7.85. The maximum absolute atomic E-state index is 14.2. The van der Waals surface area contributed by atoms with Crippen LogP contribution in [0.25, 0.3) is 0 Å². The van der Waals surface area contributed by atoms with Crippen molar-refractivity contribution in [2.75, 3.05) is 0 Å². The first kappa shape index (κ1) is 27.2. The van der Waals surface area contributed by atoms with Crippen LogP contribution in [0.4, 0.5) is 17.6 Å². The first-order valence-corrected chi connectivity index (χ1v) is 11.9. The molecule has 5 nitrogen and oxygen atoms in total. The fourth-order valence-corrected chi connectivity index (χ4v) is 4.65. The Morgan fingerprint density at radius 2 is 1.76 bits per heavy atom. The molecule has 1 unspecified atom stereocenters. The van der Waals surface area contributed by atoms with Gasteiger partial charge in [0.05, 0.1) is 15.8 Å². The number of carbonyl (C=O) groups excluding carboxylic acids is 1. The third-order valence-corrected chi connectivity index (χ3v) is 6.82. The molecule has 1 aliphatic rings. The molecule has 37 heavy (non-hydrogen) atoms. The lowest BCUT2D eigenvalue weighted by Gasteiger charge is -2.29. The van der Waals surface area contributed by atoms with Crippen molar-refractivity contribution in [3.63, 3.8) is 0 Å². The van der Waals surface area contributed by atoms with Gasteiger partial charge in [0.25, 0.3) is 11.5 Å². The number of amides is 1. The van der Waals surface area contributed by atoms with E-state index in [-0.39, 0.29) is 18.2 Å². The minimum absolute atomic E-state index is 0.00758. The number of carbonyl (C=O) groups is 1. The normalized spacial score (nSPS) is 17.4. The minimum Gasteiger partial charge on any atom is -0.374 e. The molecule has 0 fully saturated rings. The number of halogens is 7. The van der Waals surface area contributed by atoms with Gasteiger partial charge >= 0.3 is 6.18 Å². The molecule has 194 valence electrons. The maximum Gasteiger partial charge on any atom is 0.435 e. The number of oxime groups is 1. The van der Waals surface area contributed by atoms with Crippen LogP contribution in [0.2, 0.25) is 15.2 Å². The SMILES string of the molecule is Cc1cc(Cl)ncc1CNC(=O)c1ccc(C2=NOC(c3cc(Cl)c(F)c(Cl)c3)(C(F)(F)F)C2)cc1C. The lowest BCUT2D eigenvalue weighted by Crippen LogP contribution is -2.42. The van der Waals surface area contributed by atoms with Crippen LogP contribution in [0.3, 0.4) is 0 Å². The zero-order valence-corrected chi connectivity index (χ0v) is 21.6. The summed E-state index contributed by atoms with van der Waals surface area (Å²) in [5.41, 5.74) is -0.558. The highest BCUT2D eigenvalue weighted by molar-refractivity contribution is 6.35. The molecule has 12 heteroatoms. The Bertz CT molecular complexity index is 1410. The van der Waals surface area contributed by atoms with Crippen molar-refractivity contribution < 1.29 is 27.2 Å². The number of nitrogens with one attached hydrogen (secondary N) is 1. The van der Waals surface area contributed by atoms with E-state index in [1.54, 1.807) is 25.3 Å². The third kappa shape index (κ3) is 5.26. The van der Waals surface area contributed by atoms with Crippen molar-refractivity contribution in [1.29, 1.82) is 0 Å². The number of pyridine rings is 1. The number of rotatable bonds is 5.